The van der Waals surface area contributed by atoms with Crippen LogP contribution in [0.3, 0.4) is 0 Å². The molecule has 1 nitrogen and oxygen atoms in total. The molecule has 0 amide bonds. The van der Waals surface area contributed by atoms with E-state index in [0.717, 1.165) is 17.8 Å². The van der Waals surface area contributed by atoms with E-state index in [1.54, 1.807) is 0 Å². The van der Waals surface area contributed by atoms with Gasteiger partial charge in [-0.15, -0.1) is 0 Å². The Morgan fingerprint density at radius 1 is 0.762 bits per heavy atom. The van der Waals surface area contributed by atoms with E-state index in [0.29, 0.717) is 12.5 Å². The topological polar surface area (TPSA) is 20.2 Å². The third kappa shape index (κ3) is 5.77. The zero-order valence-electron chi connectivity index (χ0n) is 14.1. The van der Waals surface area contributed by atoms with Crippen molar-refractivity contribution in [2.45, 2.75) is 84.0 Å². The summed E-state index contributed by atoms with van der Waals surface area (Å²) < 4.78 is 0. The van der Waals surface area contributed by atoms with E-state index < -0.39 is 0 Å². The summed E-state index contributed by atoms with van der Waals surface area (Å²) in [5.74, 6) is 3.61. The predicted molar refractivity (Wildman–Crippen MR) is 91.3 cm³/mol. The molecule has 0 bridgehead atoms. The summed E-state index contributed by atoms with van der Waals surface area (Å²) >= 11 is 0. The molecule has 0 unspecified atom stereocenters. The second-order valence-electron chi connectivity index (χ2n) is 7.58. The molecule has 0 saturated heterocycles. The molecular formula is C20H36O. The summed E-state index contributed by atoms with van der Waals surface area (Å²) in [7, 11) is 0. The van der Waals surface area contributed by atoms with Crippen molar-refractivity contribution in [1.29, 1.82) is 0 Å². The average Bonchev–Trinajstić information content (AvgIpc) is 2.55. The van der Waals surface area contributed by atoms with Gasteiger partial charge in [0.2, 0.25) is 0 Å². The molecule has 0 aromatic carbocycles. The zero-order chi connectivity index (χ0) is 14.9. The van der Waals surface area contributed by atoms with Gasteiger partial charge < -0.3 is 5.11 Å². The molecular weight excluding hydrogens is 256 g/mol. The first-order chi connectivity index (χ1) is 10.3. The van der Waals surface area contributed by atoms with Gasteiger partial charge in [-0.3, -0.25) is 0 Å². The molecule has 21 heavy (non-hydrogen) atoms. The number of hydrogen-bond donors (Lipinski definition) is 1. The van der Waals surface area contributed by atoms with Crippen molar-refractivity contribution >= 4 is 0 Å². The molecule has 2 rings (SSSR count). The SMILES string of the molecule is CCC/C=C/CCC1CCC(C2CCC(CO)CC2)CC1. The Labute approximate surface area is 132 Å². The summed E-state index contributed by atoms with van der Waals surface area (Å²) in [6.45, 7) is 2.67. The third-order valence-electron chi connectivity index (χ3n) is 6.07. The lowest BCUT2D eigenvalue weighted by Crippen LogP contribution is -2.26. The molecule has 0 spiro atoms. The summed E-state index contributed by atoms with van der Waals surface area (Å²) in [6.07, 6.45) is 21.3. The van der Waals surface area contributed by atoms with Crippen LogP contribution in [0.4, 0.5) is 0 Å². The minimum atomic E-state index is 0.422. The molecule has 0 aliphatic heterocycles. The molecule has 0 aromatic heterocycles. The lowest BCUT2D eigenvalue weighted by atomic mass is 9.69. The highest BCUT2D eigenvalue weighted by Crippen LogP contribution is 2.42. The van der Waals surface area contributed by atoms with Crippen LogP contribution in [0.25, 0.3) is 0 Å². The van der Waals surface area contributed by atoms with E-state index >= 15 is 0 Å². The van der Waals surface area contributed by atoms with Crippen molar-refractivity contribution in [3.05, 3.63) is 12.2 Å². The van der Waals surface area contributed by atoms with Gasteiger partial charge in [0.15, 0.2) is 0 Å². The quantitative estimate of drug-likeness (QED) is 0.594. The van der Waals surface area contributed by atoms with Crippen LogP contribution in [0.15, 0.2) is 12.2 Å². The van der Waals surface area contributed by atoms with Crippen LogP contribution in [0, 0.1) is 23.7 Å². The maximum absolute atomic E-state index is 9.25. The molecule has 1 N–H and O–H groups in total. The normalized spacial score (nSPS) is 34.4. The fourth-order valence-corrected chi connectivity index (χ4v) is 4.52. The number of unbranched alkanes of at least 4 members (excludes halogenated alkanes) is 1. The average molecular weight is 293 g/mol. The smallest absolute Gasteiger partial charge is 0.0459 e. The van der Waals surface area contributed by atoms with Crippen LogP contribution in [0.1, 0.15) is 84.0 Å². The fraction of sp³-hybridized carbons (Fsp3) is 0.900. The Hall–Kier alpha value is -0.300. The van der Waals surface area contributed by atoms with E-state index in [-0.39, 0.29) is 0 Å². The number of aliphatic hydroxyl groups is 1. The lowest BCUT2D eigenvalue weighted by molar-refractivity contribution is 0.116. The Morgan fingerprint density at radius 3 is 1.81 bits per heavy atom. The largest absolute Gasteiger partial charge is 0.396 e. The minimum Gasteiger partial charge on any atom is -0.396 e. The minimum absolute atomic E-state index is 0.422. The molecule has 0 radical (unpaired) electrons. The summed E-state index contributed by atoms with van der Waals surface area (Å²) in [4.78, 5) is 0. The van der Waals surface area contributed by atoms with Gasteiger partial charge in [-0.2, -0.15) is 0 Å². The van der Waals surface area contributed by atoms with Gasteiger partial charge in [-0.05, 0) is 81.5 Å². The van der Waals surface area contributed by atoms with Crippen LogP contribution in [0.5, 0.6) is 0 Å². The molecule has 2 aliphatic rings. The Morgan fingerprint density at radius 2 is 1.29 bits per heavy atom. The second kappa shape index (κ2) is 9.66. The van der Waals surface area contributed by atoms with E-state index in [1.807, 2.05) is 0 Å². The van der Waals surface area contributed by atoms with Crippen LogP contribution in [0.2, 0.25) is 0 Å². The summed E-state index contributed by atoms with van der Waals surface area (Å²) in [6, 6.07) is 0. The van der Waals surface area contributed by atoms with Gasteiger partial charge in [0.05, 0.1) is 0 Å². The zero-order valence-corrected chi connectivity index (χ0v) is 14.1. The third-order valence-corrected chi connectivity index (χ3v) is 6.07. The fourth-order valence-electron chi connectivity index (χ4n) is 4.52. The Balaban J connectivity index is 1.60. The highest BCUT2D eigenvalue weighted by atomic mass is 16.3. The number of aliphatic hydroxyl groups excluding tert-OH is 1. The van der Waals surface area contributed by atoms with Crippen molar-refractivity contribution in [2.24, 2.45) is 23.7 Å². The van der Waals surface area contributed by atoms with E-state index in [1.165, 1.54) is 77.0 Å². The second-order valence-corrected chi connectivity index (χ2v) is 7.58. The summed E-state index contributed by atoms with van der Waals surface area (Å²) in [5.41, 5.74) is 0. The van der Waals surface area contributed by atoms with E-state index in [4.69, 9.17) is 0 Å². The number of hydrogen-bond acceptors (Lipinski definition) is 1. The number of allylic oxidation sites excluding steroid dienone is 2. The molecule has 122 valence electrons. The van der Waals surface area contributed by atoms with Gasteiger partial charge >= 0.3 is 0 Å². The van der Waals surface area contributed by atoms with Crippen LogP contribution >= 0.6 is 0 Å². The molecule has 0 atom stereocenters. The maximum Gasteiger partial charge on any atom is 0.0459 e. The van der Waals surface area contributed by atoms with Crippen LogP contribution in [-0.4, -0.2) is 11.7 Å². The standard InChI is InChI=1S/C20H36O/c1-2-3-4-5-6-7-17-8-12-19(13-9-17)20-14-10-18(16-21)11-15-20/h4-5,17-21H,2-3,6-16H2,1H3/b5-4+. The highest BCUT2D eigenvalue weighted by molar-refractivity contribution is 4.85. The van der Waals surface area contributed by atoms with Gasteiger partial charge in [0.1, 0.15) is 0 Å². The molecule has 2 aliphatic carbocycles. The van der Waals surface area contributed by atoms with Crippen LogP contribution in [-0.2, 0) is 0 Å². The lowest BCUT2D eigenvalue weighted by Gasteiger charge is -2.37. The molecule has 2 fully saturated rings. The van der Waals surface area contributed by atoms with Crippen molar-refractivity contribution < 1.29 is 5.11 Å². The first-order valence-corrected chi connectivity index (χ1v) is 9.59. The van der Waals surface area contributed by atoms with Crippen molar-refractivity contribution in [3.63, 3.8) is 0 Å². The van der Waals surface area contributed by atoms with E-state index in [2.05, 4.69) is 19.1 Å². The first kappa shape index (κ1) is 17.1. The monoisotopic (exact) mass is 292 g/mol. The molecule has 1 heteroatoms. The van der Waals surface area contributed by atoms with Crippen molar-refractivity contribution in [1.82, 2.24) is 0 Å². The van der Waals surface area contributed by atoms with Gasteiger partial charge in [0, 0.05) is 6.61 Å². The Kier molecular flexibility index (Phi) is 7.85. The number of rotatable bonds is 7. The highest BCUT2D eigenvalue weighted by Gasteiger charge is 2.30. The van der Waals surface area contributed by atoms with Gasteiger partial charge in [0.25, 0.3) is 0 Å². The first-order valence-electron chi connectivity index (χ1n) is 9.59. The van der Waals surface area contributed by atoms with Crippen molar-refractivity contribution in [3.8, 4) is 0 Å². The Bertz CT molecular complexity index is 280. The summed E-state index contributed by atoms with van der Waals surface area (Å²) in [5, 5.41) is 9.25. The van der Waals surface area contributed by atoms with Crippen LogP contribution < -0.4 is 0 Å². The maximum atomic E-state index is 9.25. The predicted octanol–water partition coefficient (Wildman–Crippen LogP) is 5.73. The van der Waals surface area contributed by atoms with Gasteiger partial charge in [-0.1, -0.05) is 38.3 Å². The molecule has 2 saturated carbocycles. The van der Waals surface area contributed by atoms with E-state index in [9.17, 15) is 5.11 Å². The molecule has 0 heterocycles. The van der Waals surface area contributed by atoms with Crippen molar-refractivity contribution in [2.75, 3.05) is 6.61 Å². The van der Waals surface area contributed by atoms with Gasteiger partial charge in [-0.25, -0.2) is 0 Å². The molecule has 0 aromatic rings.